The fourth-order valence-electron chi connectivity index (χ4n) is 2.71. The van der Waals surface area contributed by atoms with Crippen LogP contribution >= 0.6 is 11.8 Å². The minimum atomic E-state index is -1.52. The molecule has 1 saturated heterocycles. The van der Waals surface area contributed by atoms with E-state index in [1.807, 2.05) is 0 Å². The van der Waals surface area contributed by atoms with E-state index in [4.69, 9.17) is 4.74 Å². The van der Waals surface area contributed by atoms with Crippen LogP contribution < -0.4 is 5.56 Å². The second-order valence-electron chi connectivity index (χ2n) is 5.51. The first kappa shape index (κ1) is 17.3. The van der Waals surface area contributed by atoms with Crippen molar-refractivity contribution in [2.45, 2.75) is 35.8 Å². The van der Waals surface area contributed by atoms with Gasteiger partial charge in [0.1, 0.15) is 24.4 Å². The first-order chi connectivity index (χ1) is 11.4. The summed E-state index contributed by atoms with van der Waals surface area (Å²) in [6, 6.07) is 0. The zero-order chi connectivity index (χ0) is 17.6. The second-order valence-corrected chi connectivity index (χ2v) is 6.28. The predicted molar refractivity (Wildman–Crippen MR) is 83.6 cm³/mol. The lowest BCUT2D eigenvalue weighted by Gasteiger charge is -2.40. The van der Waals surface area contributed by atoms with Crippen LogP contribution in [0.3, 0.4) is 0 Å². The highest BCUT2D eigenvalue weighted by Gasteiger charge is 2.44. The Morgan fingerprint density at radius 2 is 2.00 bits per heavy atom. The molecule has 1 aliphatic heterocycles. The van der Waals surface area contributed by atoms with Gasteiger partial charge < -0.3 is 25.2 Å². The van der Waals surface area contributed by atoms with Crippen LogP contribution in [0.2, 0.25) is 0 Å². The van der Waals surface area contributed by atoms with E-state index in [1.54, 1.807) is 13.3 Å². The van der Waals surface area contributed by atoms with Crippen molar-refractivity contribution in [2.24, 2.45) is 7.05 Å². The summed E-state index contributed by atoms with van der Waals surface area (Å²) in [6.45, 7) is -0.542. The number of aromatic nitrogens is 4. The van der Waals surface area contributed by atoms with Crippen molar-refractivity contribution in [3.05, 3.63) is 16.7 Å². The molecule has 3 rings (SSSR count). The Kier molecular flexibility index (Phi) is 4.64. The molecule has 0 saturated carbocycles. The summed E-state index contributed by atoms with van der Waals surface area (Å²) in [4.78, 5) is 20.7. The number of aliphatic hydroxyl groups is 4. The summed E-state index contributed by atoms with van der Waals surface area (Å²) >= 11 is 1.27. The molecule has 10 nitrogen and oxygen atoms in total. The zero-order valence-electron chi connectivity index (χ0n) is 13.0. The van der Waals surface area contributed by atoms with E-state index >= 15 is 0 Å². The molecule has 0 aromatic carbocycles. The zero-order valence-corrected chi connectivity index (χ0v) is 13.8. The number of ether oxygens (including phenoxy) is 1. The van der Waals surface area contributed by atoms with Crippen LogP contribution in [0.25, 0.3) is 11.2 Å². The monoisotopic (exact) mass is 358 g/mol. The number of fused-ring (bicyclic) bond motifs is 1. The van der Waals surface area contributed by atoms with Crippen molar-refractivity contribution < 1.29 is 25.2 Å². The summed E-state index contributed by atoms with van der Waals surface area (Å²) in [5, 5.41) is 39.7. The molecule has 0 radical (unpaired) electrons. The smallest absolute Gasteiger partial charge is 0.282 e. The van der Waals surface area contributed by atoms with Gasteiger partial charge in [0, 0.05) is 7.05 Å². The molecule has 3 heterocycles. The topological polar surface area (TPSA) is 143 Å². The average Bonchev–Trinajstić information content (AvgIpc) is 3.00. The molecule has 2 aromatic heterocycles. The van der Waals surface area contributed by atoms with Gasteiger partial charge in [-0.2, -0.15) is 0 Å². The fraction of sp³-hybridized carbons (Fsp3) is 0.615. The highest BCUT2D eigenvalue weighted by molar-refractivity contribution is 7.98. The molecule has 11 heteroatoms. The molecule has 0 aliphatic carbocycles. The van der Waals surface area contributed by atoms with Gasteiger partial charge in [-0.25, -0.2) is 9.97 Å². The Bertz CT molecular complexity index is 806. The third-order valence-electron chi connectivity index (χ3n) is 4.09. The van der Waals surface area contributed by atoms with Crippen LogP contribution in [0.15, 0.2) is 16.3 Å². The summed E-state index contributed by atoms with van der Waals surface area (Å²) in [6.07, 6.45) is -3.64. The third kappa shape index (κ3) is 2.53. The van der Waals surface area contributed by atoms with Gasteiger partial charge in [-0.15, -0.1) is 0 Å². The Hall–Kier alpha value is -1.50. The maximum Gasteiger partial charge on any atom is 0.282 e. The molecule has 1 aliphatic rings. The van der Waals surface area contributed by atoms with Gasteiger partial charge in [0.15, 0.2) is 22.5 Å². The van der Waals surface area contributed by atoms with E-state index < -0.39 is 37.3 Å². The molecular formula is C13H18N4O6S. The van der Waals surface area contributed by atoms with Gasteiger partial charge in [-0.05, 0) is 6.26 Å². The van der Waals surface area contributed by atoms with Gasteiger partial charge >= 0.3 is 0 Å². The maximum atomic E-state index is 12.3. The molecule has 0 bridgehead atoms. The van der Waals surface area contributed by atoms with Crippen LogP contribution in [0.4, 0.5) is 0 Å². The van der Waals surface area contributed by atoms with Crippen LogP contribution in [-0.2, 0) is 11.8 Å². The van der Waals surface area contributed by atoms with Crippen LogP contribution in [0.5, 0.6) is 0 Å². The number of hydrogen-bond donors (Lipinski definition) is 4. The summed E-state index contributed by atoms with van der Waals surface area (Å²) in [7, 11) is 1.58. The molecule has 4 N–H and O–H groups in total. The molecular weight excluding hydrogens is 340 g/mol. The summed E-state index contributed by atoms with van der Waals surface area (Å²) < 4.78 is 8.16. The predicted octanol–water partition coefficient (Wildman–Crippen LogP) is -2.18. The molecule has 24 heavy (non-hydrogen) atoms. The van der Waals surface area contributed by atoms with Crippen molar-refractivity contribution in [2.75, 3.05) is 12.9 Å². The van der Waals surface area contributed by atoms with Crippen molar-refractivity contribution >= 4 is 22.9 Å². The average molecular weight is 358 g/mol. The molecule has 132 valence electrons. The van der Waals surface area contributed by atoms with Crippen molar-refractivity contribution in [1.29, 1.82) is 0 Å². The number of rotatable bonds is 3. The number of thioether (sulfide) groups is 1. The fourth-order valence-corrected chi connectivity index (χ4v) is 3.24. The van der Waals surface area contributed by atoms with E-state index in [9.17, 15) is 25.2 Å². The maximum absolute atomic E-state index is 12.3. The first-order valence-electron chi connectivity index (χ1n) is 7.18. The Balaban J connectivity index is 2.12. The highest BCUT2D eigenvalue weighted by atomic mass is 32.2. The second kappa shape index (κ2) is 6.43. The number of imidazole rings is 1. The SMILES string of the molecule is CSc1nc2c(ncn2[C@@H]2O[C@H](CO)[C@@H](O)[C@H](O)[C@H]2O)c(=O)n1C. The van der Waals surface area contributed by atoms with Crippen LogP contribution in [0.1, 0.15) is 6.23 Å². The first-order valence-corrected chi connectivity index (χ1v) is 8.41. The quantitative estimate of drug-likeness (QED) is 0.356. The van der Waals surface area contributed by atoms with E-state index in [0.29, 0.717) is 5.16 Å². The largest absolute Gasteiger partial charge is 0.394 e. The standard InChI is InChI=1S/C13H18N4O6S/c1-16-11(22)6-10(15-13(16)24-2)17(4-14-6)12-9(21)8(20)7(19)5(3-18)23-12/h4-5,7-9,12,18-21H,3H2,1-2H3/t5-,7-,8+,9-,12-/m1/s1. The molecule has 1 fully saturated rings. The van der Waals surface area contributed by atoms with Gasteiger partial charge in [0.05, 0.1) is 12.9 Å². The molecule has 0 spiro atoms. The summed E-state index contributed by atoms with van der Waals surface area (Å²) in [5.74, 6) is 0. The van der Waals surface area contributed by atoms with Crippen molar-refractivity contribution in [3.63, 3.8) is 0 Å². The highest BCUT2D eigenvalue weighted by Crippen LogP contribution is 2.30. The van der Waals surface area contributed by atoms with E-state index in [0.717, 1.165) is 0 Å². The third-order valence-corrected chi connectivity index (χ3v) is 4.82. The van der Waals surface area contributed by atoms with Crippen LogP contribution in [0, 0.1) is 0 Å². The van der Waals surface area contributed by atoms with E-state index in [2.05, 4.69) is 9.97 Å². The Morgan fingerprint density at radius 3 is 2.62 bits per heavy atom. The molecule has 0 unspecified atom stereocenters. The lowest BCUT2D eigenvalue weighted by Crippen LogP contribution is -2.56. The van der Waals surface area contributed by atoms with Gasteiger partial charge in [-0.1, -0.05) is 11.8 Å². The Morgan fingerprint density at radius 1 is 1.29 bits per heavy atom. The summed E-state index contributed by atoms with van der Waals surface area (Å²) in [5.41, 5.74) is -0.0771. The van der Waals surface area contributed by atoms with Crippen molar-refractivity contribution in [3.8, 4) is 0 Å². The molecule has 5 atom stereocenters. The van der Waals surface area contributed by atoms with Gasteiger partial charge in [-0.3, -0.25) is 13.9 Å². The minimum Gasteiger partial charge on any atom is -0.394 e. The molecule has 0 amide bonds. The lowest BCUT2D eigenvalue weighted by molar-refractivity contribution is -0.250. The van der Waals surface area contributed by atoms with Crippen LogP contribution in [-0.4, -0.2) is 76.8 Å². The van der Waals surface area contributed by atoms with Crippen molar-refractivity contribution in [1.82, 2.24) is 19.1 Å². The van der Waals surface area contributed by atoms with Gasteiger partial charge in [0.25, 0.3) is 5.56 Å². The van der Waals surface area contributed by atoms with E-state index in [-0.39, 0.29) is 16.7 Å². The number of aliphatic hydroxyl groups excluding tert-OH is 4. The normalized spacial score (nSPS) is 30.8. The lowest BCUT2D eigenvalue weighted by atomic mass is 9.98. The number of hydrogen-bond acceptors (Lipinski definition) is 9. The van der Waals surface area contributed by atoms with Gasteiger partial charge in [0.2, 0.25) is 0 Å². The van der Waals surface area contributed by atoms with E-state index in [1.165, 1.54) is 27.2 Å². The minimum absolute atomic E-state index is 0.0901. The number of nitrogens with zero attached hydrogens (tertiary/aromatic N) is 4. The Labute approximate surface area is 140 Å². The molecule has 2 aromatic rings.